The number of hydrogen-bond donors (Lipinski definition) is 3. The molecule has 2 aromatic rings. The number of nitrogens with zero attached hydrogens (tertiary/aromatic N) is 1. The van der Waals surface area contributed by atoms with Gasteiger partial charge in [-0.2, -0.15) is 0 Å². The number of ether oxygens (including phenoxy) is 1. The highest BCUT2D eigenvalue weighted by atomic mass is 32.2. The largest absolute Gasteiger partial charge is 0.497 e. The Morgan fingerprint density at radius 2 is 2.10 bits per heavy atom. The summed E-state index contributed by atoms with van der Waals surface area (Å²) in [5.74, 6) is 0.515. The van der Waals surface area contributed by atoms with Crippen molar-refractivity contribution in [3.8, 4) is 5.75 Å². The Kier molecular flexibility index (Phi) is 4.65. The molecule has 106 valence electrons. The third kappa shape index (κ3) is 3.31. The average molecular weight is 294 g/mol. The van der Waals surface area contributed by atoms with Gasteiger partial charge in [0.1, 0.15) is 23.2 Å². The van der Waals surface area contributed by atoms with Crippen molar-refractivity contribution in [2.45, 2.75) is 17.4 Å². The topological polar surface area (TPSA) is 95.4 Å². The van der Waals surface area contributed by atoms with Gasteiger partial charge in [-0.15, -0.1) is 0 Å². The minimum Gasteiger partial charge on any atom is -0.497 e. The number of nitrogens with one attached hydrogen (secondary N) is 1. The summed E-state index contributed by atoms with van der Waals surface area (Å²) >= 11 is 1.30. The van der Waals surface area contributed by atoms with Crippen molar-refractivity contribution in [3.63, 3.8) is 0 Å². The molecule has 2 rings (SSSR count). The highest BCUT2D eigenvalue weighted by Crippen LogP contribution is 2.25. The molecule has 7 heteroatoms. The van der Waals surface area contributed by atoms with E-state index >= 15 is 0 Å². The Labute approximate surface area is 119 Å². The zero-order valence-electron chi connectivity index (χ0n) is 10.8. The Hall–Kier alpha value is -1.99. The van der Waals surface area contributed by atoms with E-state index in [9.17, 15) is 4.79 Å². The zero-order chi connectivity index (χ0) is 14.5. The Morgan fingerprint density at radius 1 is 1.40 bits per heavy atom. The van der Waals surface area contributed by atoms with Crippen LogP contribution in [0, 0.1) is 0 Å². The van der Waals surface area contributed by atoms with Gasteiger partial charge in [-0.3, -0.25) is 0 Å². The first kappa shape index (κ1) is 14.4. The minimum absolute atomic E-state index is 0.00700. The summed E-state index contributed by atoms with van der Waals surface area (Å²) < 4.78 is 5.07. The summed E-state index contributed by atoms with van der Waals surface area (Å²) in [4.78, 5) is 17.7. The fraction of sp³-hybridized carbons (Fsp3) is 0.231. The highest BCUT2D eigenvalue weighted by molar-refractivity contribution is 7.98. The van der Waals surface area contributed by atoms with E-state index in [0.29, 0.717) is 10.8 Å². The average Bonchev–Trinajstić information content (AvgIpc) is 2.89. The third-order valence-corrected chi connectivity index (χ3v) is 3.66. The van der Waals surface area contributed by atoms with E-state index in [1.807, 2.05) is 24.3 Å². The molecule has 0 aliphatic heterocycles. The van der Waals surface area contributed by atoms with Crippen LogP contribution in [0.25, 0.3) is 0 Å². The number of aromatic nitrogens is 2. The lowest BCUT2D eigenvalue weighted by Crippen LogP contribution is -1.99. The molecule has 0 saturated carbocycles. The second-order valence-corrected chi connectivity index (χ2v) is 4.93. The summed E-state index contributed by atoms with van der Waals surface area (Å²) in [6.07, 6.45) is 0. The minimum atomic E-state index is -1.09. The van der Waals surface area contributed by atoms with E-state index in [0.717, 1.165) is 11.3 Å². The van der Waals surface area contributed by atoms with Crippen LogP contribution in [0.15, 0.2) is 29.3 Å². The lowest BCUT2D eigenvalue weighted by atomic mass is 10.2. The molecule has 1 heterocycles. The van der Waals surface area contributed by atoms with Crippen LogP contribution >= 0.6 is 11.8 Å². The maximum atomic E-state index is 11.1. The van der Waals surface area contributed by atoms with Crippen LogP contribution in [0.2, 0.25) is 0 Å². The Bertz CT molecular complexity index is 595. The van der Waals surface area contributed by atoms with Crippen molar-refractivity contribution in [1.82, 2.24) is 9.97 Å². The monoisotopic (exact) mass is 294 g/mol. The third-order valence-electron chi connectivity index (χ3n) is 2.62. The number of imidazole rings is 1. The van der Waals surface area contributed by atoms with Gasteiger partial charge in [0, 0.05) is 5.75 Å². The van der Waals surface area contributed by atoms with Gasteiger partial charge in [-0.05, 0) is 17.7 Å². The van der Waals surface area contributed by atoms with Gasteiger partial charge in [0.15, 0.2) is 5.69 Å². The summed E-state index contributed by atoms with van der Waals surface area (Å²) in [5.41, 5.74) is 1.04. The first-order chi connectivity index (χ1) is 9.63. The molecule has 0 fully saturated rings. The van der Waals surface area contributed by atoms with Crippen molar-refractivity contribution in [2.24, 2.45) is 0 Å². The van der Waals surface area contributed by atoms with Crippen LogP contribution in [0.1, 0.15) is 21.9 Å². The molecule has 1 aromatic carbocycles. The van der Waals surface area contributed by atoms with Gasteiger partial charge in [0.05, 0.1) is 7.11 Å². The van der Waals surface area contributed by atoms with Crippen LogP contribution in [0.3, 0.4) is 0 Å². The van der Waals surface area contributed by atoms with Gasteiger partial charge < -0.3 is 19.9 Å². The molecule has 3 N–H and O–H groups in total. The maximum absolute atomic E-state index is 11.1. The van der Waals surface area contributed by atoms with E-state index in [1.165, 1.54) is 11.8 Å². The number of aromatic amines is 1. The molecular formula is C13H14N2O4S. The molecule has 0 spiro atoms. The van der Waals surface area contributed by atoms with Crippen molar-refractivity contribution < 1.29 is 19.7 Å². The predicted molar refractivity (Wildman–Crippen MR) is 74.0 cm³/mol. The molecule has 0 saturated heterocycles. The van der Waals surface area contributed by atoms with Gasteiger partial charge >= 0.3 is 5.97 Å². The summed E-state index contributed by atoms with van der Waals surface area (Å²) in [5, 5.41) is 18.4. The van der Waals surface area contributed by atoms with E-state index < -0.39 is 5.97 Å². The quantitative estimate of drug-likeness (QED) is 0.704. The van der Waals surface area contributed by atoms with Crippen LogP contribution in [-0.2, 0) is 12.4 Å². The molecule has 20 heavy (non-hydrogen) atoms. The van der Waals surface area contributed by atoms with Crippen molar-refractivity contribution in [1.29, 1.82) is 0 Å². The first-order valence-electron chi connectivity index (χ1n) is 5.82. The van der Waals surface area contributed by atoms with Crippen LogP contribution in [0.5, 0.6) is 5.75 Å². The van der Waals surface area contributed by atoms with Gasteiger partial charge in [0.2, 0.25) is 0 Å². The smallest absolute Gasteiger partial charge is 0.355 e. The predicted octanol–water partition coefficient (Wildman–Crippen LogP) is 1.90. The molecule has 0 radical (unpaired) electrons. The summed E-state index contributed by atoms with van der Waals surface area (Å²) in [6.45, 7) is -0.316. The number of carboxylic acids is 1. The fourth-order valence-corrected chi connectivity index (χ4v) is 2.56. The normalized spacial score (nSPS) is 10.5. The number of carboxylic acid groups (broad SMARTS) is 1. The number of benzene rings is 1. The van der Waals surface area contributed by atoms with Gasteiger partial charge in [-0.1, -0.05) is 23.9 Å². The zero-order valence-corrected chi connectivity index (χ0v) is 11.6. The lowest BCUT2D eigenvalue weighted by molar-refractivity contribution is 0.0687. The molecule has 0 aliphatic rings. The highest BCUT2D eigenvalue weighted by Gasteiger charge is 2.16. The van der Waals surface area contributed by atoms with Gasteiger partial charge in [-0.25, -0.2) is 9.78 Å². The van der Waals surface area contributed by atoms with Gasteiger partial charge in [0.25, 0.3) is 0 Å². The van der Waals surface area contributed by atoms with Crippen molar-refractivity contribution >= 4 is 17.7 Å². The van der Waals surface area contributed by atoms with Crippen LogP contribution in [0.4, 0.5) is 0 Å². The standard InChI is InChI=1S/C13H14N2O4S/c1-19-9-4-2-8(3-5-9)7-20-12-11(13(17)18)14-10(6-16)15-12/h2-5,16H,6-7H2,1H3,(H,14,15)(H,17,18). The van der Waals surface area contributed by atoms with Crippen LogP contribution < -0.4 is 4.74 Å². The number of carbonyl (C=O) groups is 1. The molecule has 0 atom stereocenters. The molecule has 1 aromatic heterocycles. The second kappa shape index (κ2) is 6.44. The Balaban J connectivity index is 2.09. The maximum Gasteiger partial charge on any atom is 0.355 e. The number of aromatic carboxylic acids is 1. The molecule has 0 amide bonds. The molecule has 0 unspecified atom stereocenters. The first-order valence-corrected chi connectivity index (χ1v) is 6.81. The summed E-state index contributed by atoms with van der Waals surface area (Å²) in [7, 11) is 1.60. The number of hydrogen-bond acceptors (Lipinski definition) is 5. The molecule has 0 aliphatic carbocycles. The van der Waals surface area contributed by atoms with Crippen molar-refractivity contribution in [2.75, 3.05) is 7.11 Å². The molecule has 0 bridgehead atoms. The van der Waals surface area contributed by atoms with E-state index in [2.05, 4.69) is 9.97 Å². The fourth-order valence-electron chi connectivity index (χ4n) is 1.60. The van der Waals surface area contributed by atoms with Crippen molar-refractivity contribution in [3.05, 3.63) is 41.3 Å². The SMILES string of the molecule is COc1ccc(CSc2nc(CO)[nH]c2C(=O)O)cc1. The number of aliphatic hydroxyl groups excluding tert-OH is 1. The van der Waals surface area contributed by atoms with E-state index in [-0.39, 0.29) is 18.1 Å². The number of thioether (sulfide) groups is 1. The lowest BCUT2D eigenvalue weighted by Gasteiger charge is -2.02. The van der Waals surface area contributed by atoms with E-state index in [4.69, 9.17) is 14.9 Å². The summed E-state index contributed by atoms with van der Waals surface area (Å²) in [6, 6.07) is 7.51. The van der Waals surface area contributed by atoms with E-state index in [1.54, 1.807) is 7.11 Å². The Morgan fingerprint density at radius 3 is 2.65 bits per heavy atom. The molecule has 6 nitrogen and oxygen atoms in total. The van der Waals surface area contributed by atoms with Crippen LogP contribution in [-0.4, -0.2) is 33.3 Å². The number of rotatable bonds is 6. The number of H-pyrrole nitrogens is 1. The number of aliphatic hydroxyl groups is 1. The molecular weight excluding hydrogens is 280 g/mol. The number of methoxy groups -OCH3 is 1. The second-order valence-electron chi connectivity index (χ2n) is 3.96.